The highest BCUT2D eigenvalue weighted by atomic mass is 16.3. The van der Waals surface area contributed by atoms with E-state index in [1.165, 1.54) is 4.90 Å². The van der Waals surface area contributed by atoms with Gasteiger partial charge >= 0.3 is 0 Å². The molecule has 2 atom stereocenters. The largest absolute Gasteiger partial charge is 0.508 e. The molecule has 0 radical (unpaired) electrons. The van der Waals surface area contributed by atoms with Gasteiger partial charge in [-0.05, 0) is 60.2 Å². The SMILES string of the molecule is Cc1cc(O)cc(C)c1C[C@H](N)C(=O)N1Cc2ccccc2C[C@H]1C(=O)NCC(N)=O. The number of amides is 3. The lowest BCUT2D eigenvalue weighted by molar-refractivity contribution is -0.143. The number of primary amides is 1. The molecule has 3 rings (SSSR count). The molecule has 8 heteroatoms. The van der Waals surface area contributed by atoms with Crippen LogP contribution >= 0.6 is 0 Å². The minimum Gasteiger partial charge on any atom is -0.508 e. The summed E-state index contributed by atoms with van der Waals surface area (Å²) in [7, 11) is 0. The number of nitrogens with one attached hydrogen (secondary N) is 1. The van der Waals surface area contributed by atoms with Crippen molar-refractivity contribution in [1.82, 2.24) is 10.2 Å². The molecule has 8 nitrogen and oxygen atoms in total. The van der Waals surface area contributed by atoms with Crippen molar-refractivity contribution in [3.05, 3.63) is 64.2 Å². The smallest absolute Gasteiger partial charge is 0.243 e. The summed E-state index contributed by atoms with van der Waals surface area (Å²) in [6.07, 6.45) is 0.612. The van der Waals surface area contributed by atoms with Gasteiger partial charge in [0.1, 0.15) is 11.8 Å². The predicted molar refractivity (Wildman–Crippen MR) is 116 cm³/mol. The number of aryl methyl sites for hydroxylation is 2. The molecule has 3 amide bonds. The number of hydrogen-bond acceptors (Lipinski definition) is 5. The van der Waals surface area contributed by atoms with Crippen LogP contribution in [0.15, 0.2) is 36.4 Å². The number of aromatic hydroxyl groups is 1. The van der Waals surface area contributed by atoms with Crippen molar-refractivity contribution in [1.29, 1.82) is 0 Å². The van der Waals surface area contributed by atoms with Gasteiger partial charge in [0.05, 0.1) is 12.6 Å². The predicted octanol–water partition coefficient (Wildman–Crippen LogP) is 0.434. The average molecular weight is 425 g/mol. The monoisotopic (exact) mass is 424 g/mol. The fourth-order valence-corrected chi connectivity index (χ4v) is 4.09. The second-order valence-electron chi connectivity index (χ2n) is 8.01. The van der Waals surface area contributed by atoms with Crippen molar-refractivity contribution in [2.24, 2.45) is 11.5 Å². The number of phenols is 1. The van der Waals surface area contributed by atoms with E-state index in [0.717, 1.165) is 27.8 Å². The number of hydrogen-bond donors (Lipinski definition) is 4. The van der Waals surface area contributed by atoms with E-state index in [1.54, 1.807) is 12.1 Å². The van der Waals surface area contributed by atoms with Crippen LogP contribution in [0.4, 0.5) is 0 Å². The molecule has 31 heavy (non-hydrogen) atoms. The Morgan fingerprint density at radius 2 is 1.77 bits per heavy atom. The lowest BCUT2D eigenvalue weighted by atomic mass is 9.91. The fourth-order valence-electron chi connectivity index (χ4n) is 4.09. The van der Waals surface area contributed by atoms with Crippen molar-refractivity contribution in [3.63, 3.8) is 0 Å². The normalized spacial score (nSPS) is 16.4. The third-order valence-corrected chi connectivity index (χ3v) is 5.69. The molecule has 1 heterocycles. The summed E-state index contributed by atoms with van der Waals surface area (Å²) < 4.78 is 0. The summed E-state index contributed by atoms with van der Waals surface area (Å²) in [6.45, 7) is 3.68. The summed E-state index contributed by atoms with van der Waals surface area (Å²) in [6, 6.07) is 9.25. The summed E-state index contributed by atoms with van der Waals surface area (Å²) in [4.78, 5) is 38.7. The van der Waals surface area contributed by atoms with Gasteiger partial charge in [-0.25, -0.2) is 0 Å². The first kappa shape index (κ1) is 22.3. The highest BCUT2D eigenvalue weighted by Gasteiger charge is 2.36. The molecule has 0 saturated carbocycles. The Hall–Kier alpha value is -3.39. The Morgan fingerprint density at radius 1 is 1.16 bits per heavy atom. The molecule has 0 fully saturated rings. The number of phenolic OH excluding ortho intramolecular Hbond substituents is 1. The van der Waals surface area contributed by atoms with E-state index in [4.69, 9.17) is 11.5 Å². The van der Waals surface area contributed by atoms with E-state index in [0.29, 0.717) is 6.42 Å². The molecule has 0 aliphatic carbocycles. The first-order valence-corrected chi connectivity index (χ1v) is 10.1. The highest BCUT2D eigenvalue weighted by Crippen LogP contribution is 2.26. The minimum atomic E-state index is -0.862. The van der Waals surface area contributed by atoms with Gasteiger partial charge in [0.2, 0.25) is 17.7 Å². The number of rotatable bonds is 6. The van der Waals surface area contributed by atoms with Crippen LogP contribution < -0.4 is 16.8 Å². The first-order chi connectivity index (χ1) is 14.7. The van der Waals surface area contributed by atoms with E-state index in [1.807, 2.05) is 38.1 Å². The summed E-state index contributed by atoms with van der Waals surface area (Å²) in [5.41, 5.74) is 16.0. The van der Waals surface area contributed by atoms with E-state index >= 15 is 0 Å². The number of fused-ring (bicyclic) bond motifs is 1. The molecule has 1 aliphatic rings. The number of carbonyl (C=O) groups excluding carboxylic acids is 3. The number of nitrogens with two attached hydrogens (primary N) is 2. The van der Waals surface area contributed by atoms with Crippen molar-refractivity contribution in [2.45, 2.75) is 45.3 Å². The van der Waals surface area contributed by atoms with E-state index < -0.39 is 23.9 Å². The van der Waals surface area contributed by atoms with Crippen LogP contribution in [0.3, 0.4) is 0 Å². The fraction of sp³-hybridized carbons (Fsp3) is 0.348. The zero-order valence-corrected chi connectivity index (χ0v) is 17.7. The van der Waals surface area contributed by atoms with E-state index in [9.17, 15) is 19.5 Å². The van der Waals surface area contributed by atoms with Gasteiger partial charge in [-0.15, -0.1) is 0 Å². The maximum absolute atomic E-state index is 13.3. The van der Waals surface area contributed by atoms with E-state index in [2.05, 4.69) is 5.32 Å². The van der Waals surface area contributed by atoms with Gasteiger partial charge < -0.3 is 26.8 Å². The third kappa shape index (κ3) is 5.03. The van der Waals surface area contributed by atoms with Crippen LogP contribution in [-0.2, 0) is 33.8 Å². The molecule has 0 unspecified atom stereocenters. The zero-order valence-electron chi connectivity index (χ0n) is 17.7. The lowest BCUT2D eigenvalue weighted by Crippen LogP contribution is -2.57. The van der Waals surface area contributed by atoms with Crippen molar-refractivity contribution in [3.8, 4) is 5.75 Å². The van der Waals surface area contributed by atoms with Crippen LogP contribution in [0.1, 0.15) is 27.8 Å². The Labute approximate surface area is 181 Å². The summed E-state index contributed by atoms with van der Waals surface area (Å²) in [5.74, 6) is -1.28. The second-order valence-corrected chi connectivity index (χ2v) is 8.01. The van der Waals surface area contributed by atoms with Crippen LogP contribution in [0.5, 0.6) is 5.75 Å². The second kappa shape index (κ2) is 9.18. The molecular weight excluding hydrogens is 396 g/mol. The maximum Gasteiger partial charge on any atom is 0.243 e. The average Bonchev–Trinajstić information content (AvgIpc) is 2.72. The van der Waals surface area contributed by atoms with Crippen molar-refractivity contribution >= 4 is 17.7 Å². The molecule has 0 saturated heterocycles. The van der Waals surface area contributed by atoms with Gasteiger partial charge in [-0.2, -0.15) is 0 Å². The van der Waals surface area contributed by atoms with Crippen LogP contribution in [-0.4, -0.2) is 46.4 Å². The quantitative estimate of drug-likeness (QED) is 0.533. The molecule has 2 aromatic carbocycles. The van der Waals surface area contributed by atoms with Crippen LogP contribution in [0, 0.1) is 13.8 Å². The van der Waals surface area contributed by atoms with Gasteiger partial charge in [-0.3, -0.25) is 14.4 Å². The Balaban J connectivity index is 1.85. The highest BCUT2D eigenvalue weighted by molar-refractivity contribution is 5.92. The number of nitrogens with zero attached hydrogens (tertiary/aromatic N) is 1. The van der Waals surface area contributed by atoms with Gasteiger partial charge in [0.25, 0.3) is 0 Å². The molecular formula is C23H28N4O4. The first-order valence-electron chi connectivity index (χ1n) is 10.1. The molecule has 6 N–H and O–H groups in total. The summed E-state index contributed by atoms with van der Waals surface area (Å²) in [5, 5.41) is 12.3. The van der Waals surface area contributed by atoms with Crippen molar-refractivity contribution in [2.75, 3.05) is 6.54 Å². The molecule has 0 aromatic heterocycles. The van der Waals surface area contributed by atoms with Crippen LogP contribution in [0.2, 0.25) is 0 Å². The van der Waals surface area contributed by atoms with Gasteiger partial charge in [0, 0.05) is 13.0 Å². The standard InChI is InChI=1S/C23H28N4O4/c1-13-7-17(28)8-14(2)18(13)10-19(24)23(31)27-12-16-6-4-3-5-15(16)9-20(27)22(30)26-11-21(25)29/h3-8,19-20,28H,9-12,24H2,1-2H3,(H2,25,29)(H,26,30)/t19-,20-/m0/s1. The Kier molecular flexibility index (Phi) is 6.60. The zero-order chi connectivity index (χ0) is 22.7. The number of benzene rings is 2. The summed E-state index contributed by atoms with van der Waals surface area (Å²) >= 11 is 0. The number of carbonyl (C=O) groups is 3. The van der Waals surface area contributed by atoms with E-state index in [-0.39, 0.29) is 31.2 Å². The topological polar surface area (TPSA) is 139 Å². The molecule has 2 aromatic rings. The van der Waals surface area contributed by atoms with Gasteiger partial charge in [0.15, 0.2) is 0 Å². The lowest BCUT2D eigenvalue weighted by Gasteiger charge is -2.37. The molecule has 164 valence electrons. The molecule has 0 bridgehead atoms. The van der Waals surface area contributed by atoms with Crippen LogP contribution in [0.25, 0.3) is 0 Å². The maximum atomic E-state index is 13.3. The Bertz CT molecular complexity index is 997. The molecule has 0 spiro atoms. The molecule has 1 aliphatic heterocycles. The van der Waals surface area contributed by atoms with Crippen molar-refractivity contribution < 1.29 is 19.5 Å². The third-order valence-electron chi connectivity index (χ3n) is 5.69. The Morgan fingerprint density at radius 3 is 2.39 bits per heavy atom. The van der Waals surface area contributed by atoms with Gasteiger partial charge in [-0.1, -0.05) is 24.3 Å². The minimum absolute atomic E-state index is 0.164.